The minimum absolute atomic E-state index is 0.220. The van der Waals surface area contributed by atoms with Gasteiger partial charge in [-0.3, -0.25) is 19.2 Å². The van der Waals surface area contributed by atoms with E-state index in [4.69, 9.17) is 14.2 Å². The number of benzene rings is 4. The van der Waals surface area contributed by atoms with Gasteiger partial charge in [-0.05, 0) is 70.2 Å². The zero-order valence-electron chi connectivity index (χ0n) is 35.0. The van der Waals surface area contributed by atoms with Crippen molar-refractivity contribution in [3.63, 3.8) is 0 Å². The van der Waals surface area contributed by atoms with Crippen LogP contribution in [0.25, 0.3) is 0 Å². The van der Waals surface area contributed by atoms with E-state index in [1.54, 1.807) is 95.3 Å². The number of carbonyl (C=O) groups excluding carboxylic acids is 5. The fourth-order valence-electron chi connectivity index (χ4n) is 7.25. The van der Waals surface area contributed by atoms with Gasteiger partial charge in [0, 0.05) is 40.1 Å². The number of carbonyl (C=O) groups is 5. The fraction of sp³-hybridized carbons (Fsp3) is 0.340. The van der Waals surface area contributed by atoms with Gasteiger partial charge in [0.15, 0.2) is 14.3 Å². The van der Waals surface area contributed by atoms with Crippen LogP contribution in [0, 0.1) is 47.0 Å². The Labute approximate surface area is 347 Å². The molecule has 0 amide bonds. The van der Waals surface area contributed by atoms with Gasteiger partial charge < -0.3 is 23.3 Å². The van der Waals surface area contributed by atoms with Crippen molar-refractivity contribution in [2.24, 2.45) is 5.41 Å². The minimum atomic E-state index is -3.85. The number of aryl methyl sites for hydroxylation is 6. The molecule has 0 radical (unpaired) electrons. The van der Waals surface area contributed by atoms with Crippen LogP contribution in [0.15, 0.2) is 97.6 Å². The molecular weight excluding hydrogens is 786 g/mol. The van der Waals surface area contributed by atoms with Gasteiger partial charge >= 0.3 is 17.9 Å². The molecule has 0 N–H and O–H groups in total. The number of hydrogen-bond donors (Lipinski definition) is 0. The Morgan fingerprint density at radius 2 is 0.915 bits per heavy atom. The molecule has 59 heavy (non-hydrogen) atoms. The molecule has 0 aliphatic carbocycles. The van der Waals surface area contributed by atoms with Crippen LogP contribution in [0.4, 0.5) is 0 Å². The van der Waals surface area contributed by atoms with Crippen molar-refractivity contribution in [3.8, 4) is 0 Å². The molecular formula is C47H54O10P2. The normalized spacial score (nSPS) is 14.2. The topological polar surface area (TPSA) is 147 Å². The van der Waals surface area contributed by atoms with Crippen LogP contribution in [-0.4, -0.2) is 61.1 Å². The van der Waals surface area contributed by atoms with E-state index in [0.717, 1.165) is 17.2 Å². The lowest BCUT2D eigenvalue weighted by Crippen LogP contribution is -2.39. The SMILES string of the molecule is C=CC(=O)OCC(CC)(COC(=O)CCP(=O)(C(=O)c1c(C)cc(C)cc1C)c1ccccc1)COC(=O)CCP(=O)(C(=O)c1c(C)cc(C)cc1C)c1ccccc1. The Balaban J connectivity index is 1.51. The molecule has 12 heteroatoms. The number of ether oxygens (including phenoxy) is 3. The second-order valence-electron chi connectivity index (χ2n) is 15.2. The van der Waals surface area contributed by atoms with Crippen molar-refractivity contribution in [2.75, 3.05) is 32.1 Å². The lowest BCUT2D eigenvalue weighted by atomic mass is 9.88. The maximum atomic E-state index is 14.7. The van der Waals surface area contributed by atoms with Gasteiger partial charge in [0.25, 0.3) is 0 Å². The molecule has 4 aromatic carbocycles. The molecule has 4 aromatic rings. The number of hydrogen-bond acceptors (Lipinski definition) is 10. The highest BCUT2D eigenvalue weighted by Crippen LogP contribution is 2.51. The number of rotatable bonds is 20. The van der Waals surface area contributed by atoms with Crippen molar-refractivity contribution in [1.82, 2.24) is 0 Å². The van der Waals surface area contributed by atoms with Crippen LogP contribution < -0.4 is 10.6 Å². The third-order valence-electron chi connectivity index (χ3n) is 10.6. The van der Waals surface area contributed by atoms with E-state index < -0.39 is 48.7 Å². The average molecular weight is 841 g/mol. The third-order valence-corrected chi connectivity index (χ3v) is 16.3. The van der Waals surface area contributed by atoms with Gasteiger partial charge in [0.2, 0.25) is 11.0 Å². The molecule has 0 spiro atoms. The van der Waals surface area contributed by atoms with E-state index in [0.29, 0.717) is 44.0 Å². The molecule has 0 aromatic heterocycles. The summed E-state index contributed by atoms with van der Waals surface area (Å²) in [6, 6.07) is 24.1. The van der Waals surface area contributed by atoms with Gasteiger partial charge in [0.1, 0.15) is 19.8 Å². The Morgan fingerprint density at radius 3 is 1.24 bits per heavy atom. The molecule has 2 atom stereocenters. The lowest BCUT2D eigenvalue weighted by molar-refractivity contribution is -0.160. The van der Waals surface area contributed by atoms with Crippen molar-refractivity contribution in [3.05, 3.63) is 142 Å². The van der Waals surface area contributed by atoms with Gasteiger partial charge in [-0.25, -0.2) is 4.79 Å². The largest absolute Gasteiger partial charge is 0.465 e. The van der Waals surface area contributed by atoms with Crippen LogP contribution in [-0.2, 0) is 37.7 Å². The van der Waals surface area contributed by atoms with E-state index in [1.807, 2.05) is 38.1 Å². The van der Waals surface area contributed by atoms with Gasteiger partial charge in [-0.2, -0.15) is 0 Å². The minimum Gasteiger partial charge on any atom is -0.465 e. The quantitative estimate of drug-likeness (QED) is 0.0366. The molecule has 0 aliphatic heterocycles. The van der Waals surface area contributed by atoms with E-state index >= 15 is 0 Å². The van der Waals surface area contributed by atoms with E-state index in [-0.39, 0.29) is 51.4 Å². The highest BCUT2D eigenvalue weighted by atomic mass is 31.2. The third kappa shape index (κ3) is 11.3. The second kappa shape index (κ2) is 20.2. The predicted octanol–water partition coefficient (Wildman–Crippen LogP) is 8.89. The predicted molar refractivity (Wildman–Crippen MR) is 232 cm³/mol. The molecule has 0 aliphatic rings. The number of esters is 3. The summed E-state index contributed by atoms with van der Waals surface area (Å²) >= 11 is 0. The summed E-state index contributed by atoms with van der Waals surface area (Å²) < 4.78 is 46.2. The van der Waals surface area contributed by atoms with Crippen molar-refractivity contribution < 1.29 is 47.3 Å². The molecule has 0 saturated carbocycles. The standard InChI is InChI=1S/C47H54O10P2/c1-9-40(48)55-29-47(10-2,30-56-41(49)21-23-58(53,38-17-13-11-14-18-38)45(51)43-34(5)25-32(3)26-35(43)6)31-57-42(50)22-24-59(54,39-19-15-12-16-20-39)46(52)44-36(7)27-33(4)28-37(44)8/h9,11-20,25-28H,1,10,21-24,29-31H2,2-8H3. The molecule has 0 fully saturated rings. The monoisotopic (exact) mass is 840 g/mol. The molecule has 4 rings (SSSR count). The summed E-state index contributed by atoms with van der Waals surface area (Å²) in [5.74, 6) is -2.25. The summed E-state index contributed by atoms with van der Waals surface area (Å²) in [6.07, 6.45) is -0.111. The average Bonchev–Trinajstić information content (AvgIpc) is 3.21. The summed E-state index contributed by atoms with van der Waals surface area (Å²) in [7, 11) is -7.70. The maximum absolute atomic E-state index is 14.7. The van der Waals surface area contributed by atoms with E-state index in [2.05, 4.69) is 6.58 Å². The Bertz CT molecular complexity index is 2120. The lowest BCUT2D eigenvalue weighted by Gasteiger charge is -2.31. The highest BCUT2D eigenvalue weighted by Gasteiger charge is 2.40. The first kappa shape index (κ1) is 46.5. The molecule has 0 heterocycles. The van der Waals surface area contributed by atoms with Crippen LogP contribution in [0.3, 0.4) is 0 Å². The first-order valence-corrected chi connectivity index (χ1v) is 23.3. The zero-order valence-corrected chi connectivity index (χ0v) is 36.8. The van der Waals surface area contributed by atoms with Gasteiger partial charge in [0.05, 0.1) is 18.3 Å². The van der Waals surface area contributed by atoms with E-state index in [9.17, 15) is 33.1 Å². The molecule has 312 valence electrons. The van der Waals surface area contributed by atoms with Crippen LogP contribution in [0.5, 0.6) is 0 Å². The van der Waals surface area contributed by atoms with Crippen molar-refractivity contribution in [1.29, 1.82) is 0 Å². The zero-order chi connectivity index (χ0) is 43.5. The summed E-state index contributed by atoms with van der Waals surface area (Å²) in [5.41, 5.74) is 3.10. The first-order chi connectivity index (χ1) is 27.9. The molecule has 0 bridgehead atoms. The highest BCUT2D eigenvalue weighted by molar-refractivity contribution is 7.88. The van der Waals surface area contributed by atoms with Crippen molar-refractivity contribution >= 4 is 53.8 Å². The molecule has 10 nitrogen and oxygen atoms in total. The molecule has 0 saturated heterocycles. The van der Waals surface area contributed by atoms with Crippen LogP contribution in [0.2, 0.25) is 0 Å². The Hall–Kier alpha value is -5.17. The Morgan fingerprint density at radius 1 is 0.576 bits per heavy atom. The van der Waals surface area contributed by atoms with Gasteiger partial charge in [-0.15, -0.1) is 0 Å². The van der Waals surface area contributed by atoms with E-state index in [1.165, 1.54) is 0 Å². The summed E-state index contributed by atoms with van der Waals surface area (Å²) in [6.45, 7) is 15.2. The van der Waals surface area contributed by atoms with Crippen LogP contribution >= 0.6 is 14.3 Å². The summed E-state index contributed by atoms with van der Waals surface area (Å²) in [4.78, 5) is 67.2. The maximum Gasteiger partial charge on any atom is 0.330 e. The van der Waals surface area contributed by atoms with Crippen molar-refractivity contribution in [2.45, 2.75) is 67.7 Å². The van der Waals surface area contributed by atoms with Crippen LogP contribution in [0.1, 0.15) is 80.3 Å². The first-order valence-electron chi connectivity index (χ1n) is 19.5. The van der Waals surface area contributed by atoms with Gasteiger partial charge in [-0.1, -0.05) is 110 Å². The fourth-order valence-corrected chi connectivity index (χ4v) is 12.4. The smallest absolute Gasteiger partial charge is 0.330 e. The summed E-state index contributed by atoms with van der Waals surface area (Å²) in [5, 5.41) is 0.650. The molecule has 2 unspecified atom stereocenters. The second-order valence-corrected chi connectivity index (χ2v) is 20.9. The Kier molecular flexibility index (Phi) is 15.9.